The zero-order chi connectivity index (χ0) is 17.2. The lowest BCUT2D eigenvalue weighted by Gasteiger charge is -2.08. The summed E-state index contributed by atoms with van der Waals surface area (Å²) in [6.45, 7) is 1.83. The second-order valence-electron chi connectivity index (χ2n) is 4.57. The third-order valence-corrected chi connectivity index (χ3v) is 2.86. The van der Waals surface area contributed by atoms with E-state index in [1.807, 2.05) is 0 Å². The lowest BCUT2D eigenvalue weighted by molar-refractivity contribution is -0.145. The van der Waals surface area contributed by atoms with Gasteiger partial charge in [0.15, 0.2) is 6.61 Å². The summed E-state index contributed by atoms with van der Waals surface area (Å²) < 4.78 is 10.2. The number of nitrogens with zero attached hydrogens (tertiary/aromatic N) is 2. The fraction of sp³-hybridized carbons (Fsp3) is 0.176. The minimum absolute atomic E-state index is 0.194. The van der Waals surface area contributed by atoms with Gasteiger partial charge in [-0.2, -0.15) is 5.10 Å². The highest BCUT2D eigenvalue weighted by Gasteiger charge is 2.06. The van der Waals surface area contributed by atoms with Crippen LogP contribution in [0.4, 0.5) is 0 Å². The Morgan fingerprint density at radius 2 is 2.08 bits per heavy atom. The predicted molar refractivity (Wildman–Crippen MR) is 87.9 cm³/mol. The van der Waals surface area contributed by atoms with Crippen molar-refractivity contribution in [3.8, 4) is 5.75 Å². The van der Waals surface area contributed by atoms with Gasteiger partial charge < -0.3 is 9.47 Å². The molecule has 7 heteroatoms. The van der Waals surface area contributed by atoms with Crippen LogP contribution in [0.1, 0.15) is 22.8 Å². The standard InChI is InChI=1S/C17H17N3O4/c1-2-23-16(21)12-24-15-8-4-3-6-13(15)11-19-20-17(22)14-7-5-9-18-10-14/h3-11H,2,12H2,1H3,(H,20,22)/b19-11+. The molecule has 0 aliphatic carbocycles. The highest BCUT2D eigenvalue weighted by atomic mass is 16.6. The molecule has 1 amide bonds. The average Bonchev–Trinajstić information content (AvgIpc) is 2.62. The Labute approximate surface area is 139 Å². The smallest absolute Gasteiger partial charge is 0.344 e. The van der Waals surface area contributed by atoms with Crippen LogP contribution in [0, 0.1) is 0 Å². The minimum Gasteiger partial charge on any atom is -0.481 e. The van der Waals surface area contributed by atoms with Crippen molar-refractivity contribution in [3.63, 3.8) is 0 Å². The monoisotopic (exact) mass is 327 g/mol. The van der Waals surface area contributed by atoms with Crippen molar-refractivity contribution in [2.24, 2.45) is 5.10 Å². The van der Waals surface area contributed by atoms with E-state index in [1.54, 1.807) is 49.5 Å². The number of benzene rings is 1. The molecule has 1 aromatic carbocycles. The first-order valence-corrected chi connectivity index (χ1v) is 7.31. The number of hydrogen-bond acceptors (Lipinski definition) is 6. The Hall–Kier alpha value is -3.22. The van der Waals surface area contributed by atoms with E-state index in [-0.39, 0.29) is 12.5 Å². The molecule has 2 aromatic rings. The zero-order valence-electron chi connectivity index (χ0n) is 13.1. The number of rotatable bonds is 7. The molecule has 0 saturated carbocycles. The molecule has 0 atom stereocenters. The van der Waals surface area contributed by atoms with Gasteiger partial charge in [0.1, 0.15) is 5.75 Å². The van der Waals surface area contributed by atoms with E-state index in [9.17, 15) is 9.59 Å². The first-order valence-electron chi connectivity index (χ1n) is 7.31. The minimum atomic E-state index is -0.450. The number of hydrogen-bond donors (Lipinski definition) is 1. The van der Waals surface area contributed by atoms with Gasteiger partial charge in [-0.05, 0) is 31.2 Å². The molecular weight excluding hydrogens is 310 g/mol. The third-order valence-electron chi connectivity index (χ3n) is 2.86. The number of carbonyl (C=O) groups is 2. The summed E-state index contributed by atoms with van der Waals surface area (Å²) >= 11 is 0. The molecule has 0 aliphatic rings. The Kier molecular flexibility index (Phi) is 6.46. The number of amides is 1. The van der Waals surface area contributed by atoms with E-state index in [4.69, 9.17) is 9.47 Å². The fourth-order valence-electron chi connectivity index (χ4n) is 1.78. The topological polar surface area (TPSA) is 89.9 Å². The molecule has 24 heavy (non-hydrogen) atoms. The van der Waals surface area contributed by atoms with Crippen LogP contribution in [0.25, 0.3) is 0 Å². The number of carbonyl (C=O) groups excluding carboxylic acids is 2. The van der Waals surface area contributed by atoms with E-state index in [0.29, 0.717) is 23.5 Å². The lowest BCUT2D eigenvalue weighted by atomic mass is 10.2. The number of ether oxygens (including phenoxy) is 2. The second-order valence-corrected chi connectivity index (χ2v) is 4.57. The van der Waals surface area contributed by atoms with Crippen LogP contribution in [0.15, 0.2) is 53.9 Å². The first kappa shape index (κ1) is 17.1. The molecule has 124 valence electrons. The molecule has 0 radical (unpaired) electrons. The summed E-state index contributed by atoms with van der Waals surface area (Å²) in [5.41, 5.74) is 3.43. The van der Waals surface area contributed by atoms with E-state index >= 15 is 0 Å². The summed E-state index contributed by atoms with van der Waals surface area (Å²) in [5.74, 6) is -0.358. The third kappa shape index (κ3) is 5.20. The van der Waals surface area contributed by atoms with Gasteiger partial charge in [-0.15, -0.1) is 0 Å². The van der Waals surface area contributed by atoms with Crippen molar-refractivity contribution in [1.82, 2.24) is 10.4 Å². The maximum absolute atomic E-state index is 11.8. The highest BCUT2D eigenvalue weighted by molar-refractivity contribution is 5.94. The molecule has 1 heterocycles. The van der Waals surface area contributed by atoms with Gasteiger partial charge in [0.05, 0.1) is 18.4 Å². The van der Waals surface area contributed by atoms with E-state index in [0.717, 1.165) is 0 Å². The van der Waals surface area contributed by atoms with Gasteiger partial charge in [-0.1, -0.05) is 12.1 Å². The fourth-order valence-corrected chi connectivity index (χ4v) is 1.78. The van der Waals surface area contributed by atoms with Crippen LogP contribution in [0.2, 0.25) is 0 Å². The van der Waals surface area contributed by atoms with Crippen LogP contribution in [-0.2, 0) is 9.53 Å². The first-order chi connectivity index (χ1) is 11.7. The number of esters is 1. The van der Waals surface area contributed by atoms with Crippen molar-refractivity contribution >= 4 is 18.1 Å². The van der Waals surface area contributed by atoms with Crippen LogP contribution < -0.4 is 10.2 Å². The number of aromatic nitrogens is 1. The Balaban J connectivity index is 1.96. The zero-order valence-corrected chi connectivity index (χ0v) is 13.1. The quantitative estimate of drug-likeness (QED) is 0.476. The van der Waals surface area contributed by atoms with Gasteiger partial charge in [-0.25, -0.2) is 10.2 Å². The Morgan fingerprint density at radius 3 is 2.83 bits per heavy atom. The molecule has 1 N–H and O–H groups in total. The summed E-state index contributed by atoms with van der Waals surface area (Å²) in [7, 11) is 0. The predicted octanol–water partition coefficient (Wildman–Crippen LogP) is 1.79. The molecule has 1 aromatic heterocycles. The SMILES string of the molecule is CCOC(=O)COc1ccccc1/C=N/NC(=O)c1cccnc1. The van der Waals surface area contributed by atoms with Gasteiger partial charge >= 0.3 is 5.97 Å². The Morgan fingerprint density at radius 1 is 1.25 bits per heavy atom. The molecule has 0 bridgehead atoms. The molecule has 0 unspecified atom stereocenters. The van der Waals surface area contributed by atoms with Crippen LogP contribution in [-0.4, -0.2) is 36.3 Å². The number of pyridine rings is 1. The molecule has 7 nitrogen and oxygen atoms in total. The maximum Gasteiger partial charge on any atom is 0.344 e. The Bertz CT molecular complexity index is 717. The number of para-hydroxylation sites is 1. The largest absolute Gasteiger partial charge is 0.481 e. The summed E-state index contributed by atoms with van der Waals surface area (Å²) in [6, 6.07) is 10.3. The second kappa shape index (κ2) is 9.04. The number of nitrogens with one attached hydrogen (secondary N) is 1. The van der Waals surface area contributed by atoms with Crippen molar-refractivity contribution in [2.75, 3.05) is 13.2 Å². The van der Waals surface area contributed by atoms with Gasteiger partial charge in [0.2, 0.25) is 0 Å². The highest BCUT2D eigenvalue weighted by Crippen LogP contribution is 2.15. The molecule has 0 fully saturated rings. The molecule has 0 spiro atoms. The summed E-state index contributed by atoms with van der Waals surface area (Å²) in [5, 5.41) is 3.89. The average molecular weight is 327 g/mol. The normalized spacial score (nSPS) is 10.4. The van der Waals surface area contributed by atoms with Crippen molar-refractivity contribution in [2.45, 2.75) is 6.92 Å². The van der Waals surface area contributed by atoms with Crippen molar-refractivity contribution in [3.05, 3.63) is 59.9 Å². The van der Waals surface area contributed by atoms with E-state index in [2.05, 4.69) is 15.5 Å². The van der Waals surface area contributed by atoms with Crippen LogP contribution in [0.3, 0.4) is 0 Å². The van der Waals surface area contributed by atoms with E-state index < -0.39 is 5.97 Å². The van der Waals surface area contributed by atoms with Gasteiger partial charge in [0.25, 0.3) is 5.91 Å². The molecular formula is C17H17N3O4. The maximum atomic E-state index is 11.8. The van der Waals surface area contributed by atoms with Crippen molar-refractivity contribution < 1.29 is 19.1 Å². The lowest BCUT2D eigenvalue weighted by Crippen LogP contribution is -2.18. The van der Waals surface area contributed by atoms with Gasteiger partial charge in [-0.3, -0.25) is 9.78 Å². The summed E-state index contributed by atoms with van der Waals surface area (Å²) in [6.07, 6.45) is 4.47. The van der Waals surface area contributed by atoms with Gasteiger partial charge in [0, 0.05) is 18.0 Å². The number of hydrazone groups is 1. The van der Waals surface area contributed by atoms with Crippen molar-refractivity contribution in [1.29, 1.82) is 0 Å². The molecule has 0 aliphatic heterocycles. The molecule has 2 rings (SSSR count). The summed E-state index contributed by atoms with van der Waals surface area (Å²) in [4.78, 5) is 27.1. The van der Waals surface area contributed by atoms with Crippen LogP contribution >= 0.6 is 0 Å². The molecule has 0 saturated heterocycles. The van der Waals surface area contributed by atoms with E-state index in [1.165, 1.54) is 12.4 Å². The van der Waals surface area contributed by atoms with Crippen LogP contribution in [0.5, 0.6) is 5.75 Å².